The van der Waals surface area contributed by atoms with Gasteiger partial charge >= 0.3 is 0 Å². The van der Waals surface area contributed by atoms with E-state index in [4.69, 9.17) is 14.2 Å². The van der Waals surface area contributed by atoms with Crippen LogP contribution in [0.3, 0.4) is 0 Å². The molecular weight excluding hydrogens is 346 g/mol. The molecule has 8 nitrogen and oxygen atoms in total. The van der Waals surface area contributed by atoms with Gasteiger partial charge in [-0.2, -0.15) is 5.10 Å². The summed E-state index contributed by atoms with van der Waals surface area (Å²) in [6.07, 6.45) is 4.86. The number of hydrogen-bond donors (Lipinski definition) is 1. The highest BCUT2D eigenvalue weighted by Gasteiger charge is 2.11. The molecule has 1 atom stereocenters. The minimum Gasteiger partial charge on any atom is -0.497 e. The first-order valence-electron chi connectivity index (χ1n) is 8.42. The van der Waals surface area contributed by atoms with Crippen molar-refractivity contribution in [3.63, 3.8) is 0 Å². The first-order valence-corrected chi connectivity index (χ1v) is 8.42. The molecule has 2 aromatic heterocycles. The predicted octanol–water partition coefficient (Wildman–Crippen LogP) is 2.83. The molecule has 140 valence electrons. The average molecular weight is 367 g/mol. The molecule has 0 bridgehead atoms. The lowest BCUT2D eigenvalue weighted by Gasteiger charge is -2.15. The van der Waals surface area contributed by atoms with Crippen LogP contribution in [0.4, 0.5) is 5.95 Å². The van der Waals surface area contributed by atoms with Gasteiger partial charge in [-0.15, -0.1) is 5.10 Å². The van der Waals surface area contributed by atoms with Crippen LogP contribution in [-0.2, 0) is 0 Å². The van der Waals surface area contributed by atoms with Crippen molar-refractivity contribution in [3.8, 4) is 28.5 Å². The van der Waals surface area contributed by atoms with Gasteiger partial charge in [0.15, 0.2) is 0 Å². The van der Waals surface area contributed by atoms with Crippen molar-refractivity contribution in [2.75, 3.05) is 26.1 Å². The number of methoxy groups -OCH3 is 2. The van der Waals surface area contributed by atoms with Crippen LogP contribution in [0.1, 0.15) is 6.92 Å². The fourth-order valence-electron chi connectivity index (χ4n) is 2.44. The number of anilines is 1. The molecule has 27 heavy (non-hydrogen) atoms. The highest BCUT2D eigenvalue weighted by Crippen LogP contribution is 2.32. The van der Waals surface area contributed by atoms with E-state index in [0.717, 1.165) is 5.56 Å². The molecule has 0 spiro atoms. The number of aromatic nitrogens is 4. The lowest BCUT2D eigenvalue weighted by Crippen LogP contribution is -2.23. The summed E-state index contributed by atoms with van der Waals surface area (Å²) in [6.45, 7) is 2.46. The Labute approximate surface area is 157 Å². The molecule has 3 aromatic rings. The Morgan fingerprint density at radius 3 is 2.70 bits per heavy atom. The van der Waals surface area contributed by atoms with Crippen molar-refractivity contribution in [1.82, 2.24) is 20.2 Å². The van der Waals surface area contributed by atoms with E-state index in [0.29, 0.717) is 35.4 Å². The molecule has 0 radical (unpaired) electrons. The fourth-order valence-corrected chi connectivity index (χ4v) is 2.44. The molecule has 1 unspecified atom stereocenters. The largest absolute Gasteiger partial charge is 0.497 e. The van der Waals surface area contributed by atoms with E-state index in [2.05, 4.69) is 25.5 Å². The summed E-state index contributed by atoms with van der Waals surface area (Å²) in [4.78, 5) is 8.54. The molecule has 1 N–H and O–H groups in total. The third-order valence-electron chi connectivity index (χ3n) is 3.76. The second-order valence-corrected chi connectivity index (χ2v) is 5.73. The topological polar surface area (TPSA) is 91.3 Å². The maximum atomic E-state index is 5.78. The van der Waals surface area contributed by atoms with Gasteiger partial charge in [-0.05, 0) is 31.2 Å². The molecule has 0 fully saturated rings. The summed E-state index contributed by atoms with van der Waals surface area (Å²) >= 11 is 0. The molecule has 2 heterocycles. The quantitative estimate of drug-likeness (QED) is 0.650. The highest BCUT2D eigenvalue weighted by molar-refractivity contribution is 5.68. The van der Waals surface area contributed by atoms with Crippen molar-refractivity contribution in [2.24, 2.45) is 0 Å². The third-order valence-corrected chi connectivity index (χ3v) is 3.76. The van der Waals surface area contributed by atoms with Crippen LogP contribution in [0.2, 0.25) is 0 Å². The van der Waals surface area contributed by atoms with Crippen molar-refractivity contribution in [3.05, 3.63) is 48.9 Å². The van der Waals surface area contributed by atoms with Crippen LogP contribution in [0.15, 0.2) is 48.9 Å². The van der Waals surface area contributed by atoms with Crippen LogP contribution < -0.4 is 19.5 Å². The summed E-state index contributed by atoms with van der Waals surface area (Å²) in [5.41, 5.74) is 1.45. The Kier molecular flexibility index (Phi) is 5.98. The molecule has 8 heteroatoms. The van der Waals surface area contributed by atoms with E-state index < -0.39 is 0 Å². The zero-order valence-corrected chi connectivity index (χ0v) is 15.4. The van der Waals surface area contributed by atoms with E-state index in [9.17, 15) is 0 Å². The summed E-state index contributed by atoms with van der Waals surface area (Å²) in [5.74, 6) is 2.47. The van der Waals surface area contributed by atoms with E-state index in [1.807, 2.05) is 31.2 Å². The second-order valence-electron chi connectivity index (χ2n) is 5.73. The normalized spacial score (nSPS) is 11.5. The van der Waals surface area contributed by atoms with Crippen LogP contribution in [-0.4, -0.2) is 47.0 Å². The van der Waals surface area contributed by atoms with Crippen molar-refractivity contribution >= 4 is 5.95 Å². The third kappa shape index (κ3) is 4.81. The summed E-state index contributed by atoms with van der Waals surface area (Å²) in [6, 6.07) is 9.21. The fraction of sp³-hybridized carbons (Fsp3) is 0.263. The van der Waals surface area contributed by atoms with Crippen molar-refractivity contribution < 1.29 is 14.2 Å². The maximum Gasteiger partial charge on any atom is 0.243 e. The van der Waals surface area contributed by atoms with Crippen LogP contribution >= 0.6 is 0 Å². The zero-order chi connectivity index (χ0) is 19.1. The SMILES string of the molecule is COc1ccc(-c2cnnc(NCC(C)Oc3cccnc3)n2)c(OC)c1. The molecule has 3 rings (SSSR count). The Morgan fingerprint density at radius 1 is 1.07 bits per heavy atom. The Bertz CT molecular complexity index is 876. The lowest BCUT2D eigenvalue weighted by atomic mass is 10.1. The lowest BCUT2D eigenvalue weighted by molar-refractivity contribution is 0.233. The molecule has 0 aliphatic carbocycles. The maximum absolute atomic E-state index is 5.78. The van der Waals surface area contributed by atoms with E-state index in [1.54, 1.807) is 38.9 Å². The van der Waals surface area contributed by atoms with Gasteiger partial charge in [0.2, 0.25) is 5.95 Å². The molecular formula is C19H21N5O3. The minimum atomic E-state index is -0.100. The van der Waals surface area contributed by atoms with Gasteiger partial charge in [-0.3, -0.25) is 4.98 Å². The summed E-state index contributed by atoms with van der Waals surface area (Å²) in [7, 11) is 3.21. The number of rotatable bonds is 8. The van der Waals surface area contributed by atoms with Crippen LogP contribution in [0.5, 0.6) is 17.2 Å². The highest BCUT2D eigenvalue weighted by atomic mass is 16.5. The van der Waals surface area contributed by atoms with Crippen molar-refractivity contribution in [2.45, 2.75) is 13.0 Å². The Morgan fingerprint density at radius 2 is 1.96 bits per heavy atom. The smallest absolute Gasteiger partial charge is 0.243 e. The van der Waals surface area contributed by atoms with Gasteiger partial charge in [0.1, 0.15) is 23.4 Å². The second kappa shape index (κ2) is 8.79. The molecule has 0 amide bonds. The van der Waals surface area contributed by atoms with E-state index >= 15 is 0 Å². The summed E-state index contributed by atoms with van der Waals surface area (Å²) < 4.78 is 16.4. The van der Waals surface area contributed by atoms with E-state index in [-0.39, 0.29) is 6.10 Å². The first-order chi connectivity index (χ1) is 13.2. The Hall–Kier alpha value is -3.42. The molecule has 0 saturated carbocycles. The van der Waals surface area contributed by atoms with Crippen molar-refractivity contribution in [1.29, 1.82) is 0 Å². The Balaban J connectivity index is 1.69. The minimum absolute atomic E-state index is 0.100. The average Bonchev–Trinajstić information content (AvgIpc) is 2.72. The van der Waals surface area contributed by atoms with Crippen LogP contribution in [0.25, 0.3) is 11.3 Å². The number of hydrogen-bond acceptors (Lipinski definition) is 8. The van der Waals surface area contributed by atoms with Crippen LogP contribution in [0, 0.1) is 0 Å². The van der Waals surface area contributed by atoms with Gasteiger partial charge in [0.05, 0.1) is 38.9 Å². The summed E-state index contributed by atoms with van der Waals surface area (Å²) in [5, 5.41) is 11.2. The molecule has 0 aliphatic heterocycles. The van der Waals surface area contributed by atoms with Gasteiger partial charge in [0.25, 0.3) is 0 Å². The number of benzene rings is 1. The number of ether oxygens (including phenoxy) is 3. The predicted molar refractivity (Wildman–Crippen MR) is 101 cm³/mol. The number of pyridine rings is 1. The molecule has 0 aliphatic rings. The molecule has 0 saturated heterocycles. The number of nitrogens with zero attached hydrogens (tertiary/aromatic N) is 4. The standard InChI is InChI=1S/C19H21N5O3/c1-13(27-15-5-4-8-20-11-15)10-21-19-23-17(12-22-24-19)16-7-6-14(25-2)9-18(16)26-3/h4-9,11-13H,10H2,1-3H3,(H,21,23,24). The van der Waals surface area contributed by atoms with Gasteiger partial charge in [-0.1, -0.05) is 0 Å². The monoisotopic (exact) mass is 367 g/mol. The van der Waals surface area contributed by atoms with Gasteiger partial charge in [-0.25, -0.2) is 4.98 Å². The zero-order valence-electron chi connectivity index (χ0n) is 15.4. The van der Waals surface area contributed by atoms with Gasteiger partial charge in [0, 0.05) is 17.8 Å². The molecule has 1 aromatic carbocycles. The van der Waals surface area contributed by atoms with Gasteiger partial charge < -0.3 is 19.5 Å². The van der Waals surface area contributed by atoms with E-state index in [1.165, 1.54) is 0 Å². The number of nitrogens with one attached hydrogen (secondary N) is 1. The first kappa shape index (κ1) is 18.4.